The highest BCUT2D eigenvalue weighted by molar-refractivity contribution is 7.12. The van der Waals surface area contributed by atoms with Crippen LogP contribution in [0.4, 0.5) is 11.4 Å². The minimum absolute atomic E-state index is 0.172. The van der Waals surface area contributed by atoms with E-state index in [4.69, 9.17) is 14.2 Å². The van der Waals surface area contributed by atoms with Crippen molar-refractivity contribution >= 4 is 34.5 Å². The molecular formula is C21H20N2O5S. The quantitative estimate of drug-likeness (QED) is 0.605. The minimum Gasteiger partial charge on any atom is -0.493 e. The topological polar surface area (TPSA) is 85.9 Å². The van der Waals surface area contributed by atoms with Crippen LogP contribution in [-0.2, 0) is 0 Å². The van der Waals surface area contributed by atoms with Gasteiger partial charge in [0.05, 0.1) is 26.2 Å². The van der Waals surface area contributed by atoms with E-state index in [0.29, 0.717) is 39.1 Å². The molecule has 8 heteroatoms. The van der Waals surface area contributed by atoms with E-state index in [9.17, 15) is 9.59 Å². The van der Waals surface area contributed by atoms with E-state index in [2.05, 4.69) is 10.6 Å². The first kappa shape index (κ1) is 20.2. The number of rotatable bonds is 7. The van der Waals surface area contributed by atoms with Gasteiger partial charge in [-0.05, 0) is 47.8 Å². The van der Waals surface area contributed by atoms with Gasteiger partial charge in [0.1, 0.15) is 0 Å². The third-order valence-corrected chi connectivity index (χ3v) is 4.94. The first-order valence-corrected chi connectivity index (χ1v) is 9.50. The number of carbonyl (C=O) groups is 2. The number of thiophene rings is 1. The smallest absolute Gasteiger partial charge is 0.265 e. The summed E-state index contributed by atoms with van der Waals surface area (Å²) in [7, 11) is 4.48. The van der Waals surface area contributed by atoms with Crippen LogP contribution >= 0.6 is 11.3 Å². The summed E-state index contributed by atoms with van der Waals surface area (Å²) >= 11 is 1.37. The van der Waals surface area contributed by atoms with Crippen LogP contribution in [0.15, 0.2) is 53.9 Å². The van der Waals surface area contributed by atoms with Crippen LogP contribution in [0.2, 0.25) is 0 Å². The van der Waals surface area contributed by atoms with Gasteiger partial charge in [-0.3, -0.25) is 9.59 Å². The Balaban J connectivity index is 1.71. The van der Waals surface area contributed by atoms with Crippen LogP contribution in [0, 0.1) is 0 Å². The van der Waals surface area contributed by atoms with Crippen molar-refractivity contribution in [3.8, 4) is 17.2 Å². The van der Waals surface area contributed by atoms with Crippen molar-refractivity contribution in [2.24, 2.45) is 0 Å². The van der Waals surface area contributed by atoms with Crippen LogP contribution in [0.1, 0.15) is 20.0 Å². The highest BCUT2D eigenvalue weighted by Crippen LogP contribution is 2.38. The molecule has 0 aliphatic heterocycles. The number of ether oxygens (including phenoxy) is 3. The Labute approximate surface area is 172 Å². The van der Waals surface area contributed by atoms with Crippen LogP contribution in [0.25, 0.3) is 0 Å². The van der Waals surface area contributed by atoms with E-state index in [1.807, 2.05) is 11.4 Å². The fraction of sp³-hybridized carbons (Fsp3) is 0.143. The molecule has 0 aliphatic carbocycles. The molecule has 7 nitrogen and oxygen atoms in total. The second kappa shape index (κ2) is 9.11. The van der Waals surface area contributed by atoms with E-state index in [1.54, 1.807) is 42.5 Å². The standard InChI is InChI=1S/C21H20N2O5S/c1-26-16-11-13(12-17(27-2)19(16)28-3)20(24)22-14-6-8-15(9-7-14)23-21(25)18-5-4-10-29-18/h4-12H,1-3H3,(H,22,24)(H,23,25). The zero-order valence-electron chi connectivity index (χ0n) is 16.1. The molecule has 0 bridgehead atoms. The number of carbonyl (C=O) groups excluding carboxylic acids is 2. The molecule has 0 saturated heterocycles. The predicted molar refractivity (Wildman–Crippen MR) is 113 cm³/mol. The Morgan fingerprint density at radius 3 is 1.79 bits per heavy atom. The van der Waals surface area contributed by atoms with Gasteiger partial charge in [0.2, 0.25) is 5.75 Å². The molecular weight excluding hydrogens is 392 g/mol. The molecule has 3 aromatic rings. The zero-order chi connectivity index (χ0) is 20.8. The van der Waals surface area contributed by atoms with Crippen molar-refractivity contribution in [2.75, 3.05) is 32.0 Å². The average Bonchev–Trinajstić information content (AvgIpc) is 3.29. The number of methoxy groups -OCH3 is 3. The second-order valence-corrected chi connectivity index (χ2v) is 6.82. The summed E-state index contributed by atoms with van der Waals surface area (Å²) in [5.74, 6) is 0.693. The summed E-state index contributed by atoms with van der Waals surface area (Å²) in [4.78, 5) is 25.4. The summed E-state index contributed by atoms with van der Waals surface area (Å²) in [6.07, 6.45) is 0. The van der Waals surface area contributed by atoms with Gasteiger partial charge in [-0.25, -0.2) is 0 Å². The summed E-state index contributed by atoms with van der Waals surface area (Å²) < 4.78 is 15.8. The van der Waals surface area contributed by atoms with Gasteiger partial charge < -0.3 is 24.8 Å². The van der Waals surface area contributed by atoms with Crippen molar-refractivity contribution in [1.82, 2.24) is 0 Å². The van der Waals surface area contributed by atoms with Crippen LogP contribution in [0.3, 0.4) is 0 Å². The lowest BCUT2D eigenvalue weighted by Gasteiger charge is -2.14. The first-order valence-electron chi connectivity index (χ1n) is 8.62. The fourth-order valence-electron chi connectivity index (χ4n) is 2.65. The highest BCUT2D eigenvalue weighted by Gasteiger charge is 2.17. The fourth-order valence-corrected chi connectivity index (χ4v) is 3.27. The molecule has 0 aliphatic rings. The maximum Gasteiger partial charge on any atom is 0.265 e. The van der Waals surface area contributed by atoms with E-state index in [1.165, 1.54) is 32.7 Å². The van der Waals surface area contributed by atoms with Crippen molar-refractivity contribution in [3.05, 3.63) is 64.4 Å². The van der Waals surface area contributed by atoms with Crippen molar-refractivity contribution in [3.63, 3.8) is 0 Å². The van der Waals surface area contributed by atoms with Crippen molar-refractivity contribution in [2.45, 2.75) is 0 Å². The Bertz CT molecular complexity index is 975. The van der Waals surface area contributed by atoms with Gasteiger partial charge in [0.15, 0.2) is 11.5 Å². The molecule has 2 aromatic carbocycles. The third-order valence-electron chi connectivity index (χ3n) is 4.07. The van der Waals surface area contributed by atoms with Crippen LogP contribution in [0.5, 0.6) is 17.2 Å². The maximum absolute atomic E-state index is 12.6. The number of hydrogen-bond acceptors (Lipinski definition) is 6. The molecule has 2 N–H and O–H groups in total. The SMILES string of the molecule is COc1cc(C(=O)Nc2ccc(NC(=O)c3cccs3)cc2)cc(OC)c1OC. The maximum atomic E-state index is 12.6. The molecule has 0 radical (unpaired) electrons. The molecule has 0 saturated carbocycles. The van der Waals surface area contributed by atoms with Gasteiger partial charge in [0.25, 0.3) is 11.8 Å². The van der Waals surface area contributed by atoms with E-state index >= 15 is 0 Å². The van der Waals surface area contributed by atoms with Gasteiger partial charge >= 0.3 is 0 Å². The predicted octanol–water partition coefficient (Wildman–Crippen LogP) is 4.28. The Morgan fingerprint density at radius 2 is 1.34 bits per heavy atom. The number of hydrogen-bond donors (Lipinski definition) is 2. The molecule has 0 fully saturated rings. The number of benzene rings is 2. The summed E-state index contributed by atoms with van der Waals surface area (Å²) in [5, 5.41) is 7.46. The lowest BCUT2D eigenvalue weighted by molar-refractivity contribution is 0.101. The molecule has 3 rings (SSSR count). The zero-order valence-corrected chi connectivity index (χ0v) is 17.0. The largest absolute Gasteiger partial charge is 0.493 e. The van der Waals surface area contributed by atoms with Crippen molar-refractivity contribution < 1.29 is 23.8 Å². The van der Waals surface area contributed by atoms with Gasteiger partial charge in [-0.2, -0.15) is 0 Å². The molecule has 0 atom stereocenters. The summed E-state index contributed by atoms with van der Waals surface area (Å²) in [6.45, 7) is 0. The Hall–Kier alpha value is -3.52. The molecule has 0 unspecified atom stereocenters. The first-order chi connectivity index (χ1) is 14.0. The molecule has 150 valence electrons. The molecule has 0 spiro atoms. The molecule has 29 heavy (non-hydrogen) atoms. The number of nitrogens with one attached hydrogen (secondary N) is 2. The Morgan fingerprint density at radius 1 is 0.793 bits per heavy atom. The number of anilines is 2. The van der Waals surface area contributed by atoms with E-state index in [-0.39, 0.29) is 11.8 Å². The second-order valence-electron chi connectivity index (χ2n) is 5.88. The van der Waals surface area contributed by atoms with Gasteiger partial charge in [-0.15, -0.1) is 11.3 Å². The third kappa shape index (κ3) is 4.67. The highest BCUT2D eigenvalue weighted by atomic mass is 32.1. The lowest BCUT2D eigenvalue weighted by Crippen LogP contribution is -2.13. The summed E-state index contributed by atoms with van der Waals surface area (Å²) in [5.41, 5.74) is 1.57. The van der Waals surface area contributed by atoms with E-state index < -0.39 is 0 Å². The summed E-state index contributed by atoms with van der Waals surface area (Å²) in [6, 6.07) is 13.6. The van der Waals surface area contributed by atoms with Crippen molar-refractivity contribution in [1.29, 1.82) is 0 Å². The molecule has 1 heterocycles. The minimum atomic E-state index is -0.334. The number of amides is 2. The lowest BCUT2D eigenvalue weighted by atomic mass is 10.1. The molecule has 1 aromatic heterocycles. The van der Waals surface area contributed by atoms with Crippen LogP contribution < -0.4 is 24.8 Å². The monoisotopic (exact) mass is 412 g/mol. The molecule has 2 amide bonds. The average molecular weight is 412 g/mol. The normalized spacial score (nSPS) is 10.2. The van der Waals surface area contributed by atoms with Crippen LogP contribution in [-0.4, -0.2) is 33.1 Å². The Kier molecular flexibility index (Phi) is 6.36. The van der Waals surface area contributed by atoms with Gasteiger partial charge in [0, 0.05) is 16.9 Å². The van der Waals surface area contributed by atoms with E-state index in [0.717, 1.165) is 0 Å². The van der Waals surface area contributed by atoms with Gasteiger partial charge in [-0.1, -0.05) is 6.07 Å².